The van der Waals surface area contributed by atoms with Gasteiger partial charge in [0.2, 0.25) is 5.91 Å². The molecule has 3 atom stereocenters. The van der Waals surface area contributed by atoms with E-state index < -0.39 is 12.0 Å². The van der Waals surface area contributed by atoms with Crippen LogP contribution in [-0.4, -0.2) is 49.3 Å². The van der Waals surface area contributed by atoms with Gasteiger partial charge in [0.1, 0.15) is 30.0 Å². The summed E-state index contributed by atoms with van der Waals surface area (Å²) in [4.78, 5) is 41.8. The van der Waals surface area contributed by atoms with Gasteiger partial charge in [0, 0.05) is 23.2 Å². The van der Waals surface area contributed by atoms with Gasteiger partial charge >= 0.3 is 5.97 Å². The van der Waals surface area contributed by atoms with Gasteiger partial charge in [-0.05, 0) is 37.8 Å². The van der Waals surface area contributed by atoms with Crippen LogP contribution in [0.5, 0.6) is 0 Å². The van der Waals surface area contributed by atoms with Crippen molar-refractivity contribution in [2.24, 2.45) is 5.92 Å². The average molecular weight is 352 g/mol. The topological polar surface area (TPSA) is 116 Å². The highest BCUT2D eigenvalue weighted by molar-refractivity contribution is 6.06. The third-order valence-electron chi connectivity index (χ3n) is 5.20. The molecule has 1 saturated carbocycles. The van der Waals surface area contributed by atoms with Crippen molar-refractivity contribution in [3.8, 4) is 6.07 Å². The number of carbonyl (C=O) groups excluding carboxylic acids is 2. The monoisotopic (exact) mass is 352 g/mol. The Morgan fingerprint density at radius 3 is 2.77 bits per heavy atom. The number of carboxylic acid groups (broad SMARTS) is 1. The maximum Gasteiger partial charge on any atom is 0.326 e. The number of likely N-dealkylation sites (tertiary alicyclic amines) is 1. The van der Waals surface area contributed by atoms with E-state index in [4.69, 9.17) is 5.26 Å². The summed E-state index contributed by atoms with van der Waals surface area (Å²) >= 11 is 0. The third-order valence-corrected chi connectivity index (χ3v) is 5.20. The normalized spacial score (nSPS) is 23.5. The van der Waals surface area contributed by atoms with Crippen LogP contribution in [0.2, 0.25) is 0 Å². The van der Waals surface area contributed by atoms with Crippen LogP contribution < -0.4 is 0 Å². The van der Waals surface area contributed by atoms with Crippen molar-refractivity contribution in [1.29, 1.82) is 5.26 Å². The number of aromatic nitrogens is 2. The van der Waals surface area contributed by atoms with Crippen LogP contribution in [0, 0.1) is 17.2 Å². The molecule has 1 aliphatic carbocycles. The van der Waals surface area contributed by atoms with Crippen molar-refractivity contribution >= 4 is 28.7 Å². The number of amides is 1. The number of hydrogen-bond acceptors (Lipinski definition) is 5. The lowest BCUT2D eigenvalue weighted by molar-refractivity contribution is -0.149. The third kappa shape index (κ3) is 2.44. The molecule has 132 valence electrons. The number of fused-ring (bicyclic) bond motifs is 2. The van der Waals surface area contributed by atoms with Gasteiger partial charge in [0.25, 0.3) is 0 Å². The first-order valence-electron chi connectivity index (χ1n) is 8.35. The van der Waals surface area contributed by atoms with Crippen molar-refractivity contribution in [3.63, 3.8) is 0 Å². The number of rotatable bonds is 4. The summed E-state index contributed by atoms with van der Waals surface area (Å²) in [5, 5.41) is 19.0. The molecule has 1 aliphatic heterocycles. The minimum absolute atomic E-state index is 0.000308. The number of Topliss-reactive ketones (excluding diaryl/α,β-unsaturated/α-hetero) is 1. The number of nitrogens with zero attached hydrogens (tertiary/aromatic N) is 4. The Hall–Kier alpha value is -3.21. The Kier molecular flexibility index (Phi) is 3.54. The van der Waals surface area contributed by atoms with E-state index in [2.05, 4.69) is 4.98 Å². The fourth-order valence-electron chi connectivity index (χ4n) is 3.89. The number of aliphatic carboxylic acids is 1. The molecule has 4 rings (SSSR count). The second-order valence-corrected chi connectivity index (χ2v) is 6.86. The molecule has 0 radical (unpaired) electrons. The second-order valence-electron chi connectivity index (χ2n) is 6.86. The van der Waals surface area contributed by atoms with E-state index >= 15 is 0 Å². The van der Waals surface area contributed by atoms with Crippen molar-refractivity contribution < 1.29 is 19.5 Å². The molecule has 2 aromatic heterocycles. The van der Waals surface area contributed by atoms with Crippen LogP contribution in [0.3, 0.4) is 0 Å². The summed E-state index contributed by atoms with van der Waals surface area (Å²) in [6.07, 6.45) is 2.89. The number of hydrogen-bond donors (Lipinski definition) is 1. The van der Waals surface area contributed by atoms with E-state index in [1.807, 2.05) is 6.07 Å². The molecular weight excluding hydrogens is 336 g/mol. The smallest absolute Gasteiger partial charge is 0.326 e. The Labute approximate surface area is 148 Å². The van der Waals surface area contributed by atoms with E-state index in [0.717, 1.165) is 6.42 Å². The molecule has 8 nitrogen and oxygen atoms in total. The van der Waals surface area contributed by atoms with E-state index in [1.54, 1.807) is 12.3 Å². The highest BCUT2D eigenvalue weighted by Gasteiger charge is 2.56. The van der Waals surface area contributed by atoms with Gasteiger partial charge < -0.3 is 14.6 Å². The van der Waals surface area contributed by atoms with Gasteiger partial charge in [-0.1, -0.05) is 0 Å². The van der Waals surface area contributed by atoms with Gasteiger partial charge in [-0.15, -0.1) is 0 Å². The average Bonchev–Trinajstić information content (AvgIpc) is 3.11. The van der Waals surface area contributed by atoms with Gasteiger partial charge in [-0.3, -0.25) is 9.59 Å². The molecule has 0 bridgehead atoms. The summed E-state index contributed by atoms with van der Waals surface area (Å²) in [7, 11) is 0. The lowest BCUT2D eigenvalue weighted by Gasteiger charge is -2.24. The number of piperidine rings is 1. The predicted octanol–water partition coefficient (Wildman–Crippen LogP) is 1.18. The summed E-state index contributed by atoms with van der Waals surface area (Å²) < 4.78 is 1.53. The van der Waals surface area contributed by atoms with Crippen molar-refractivity contribution in [1.82, 2.24) is 14.5 Å². The zero-order chi connectivity index (χ0) is 18.6. The van der Waals surface area contributed by atoms with E-state index in [9.17, 15) is 19.5 Å². The van der Waals surface area contributed by atoms with Crippen LogP contribution in [0.15, 0.2) is 18.3 Å². The lowest BCUT2D eigenvalue weighted by Crippen LogP contribution is -2.44. The highest BCUT2D eigenvalue weighted by Crippen LogP contribution is 2.48. The Bertz CT molecular complexity index is 1000. The Balaban J connectivity index is 1.70. The molecule has 2 aromatic rings. The molecule has 3 heterocycles. The first kappa shape index (κ1) is 16.3. The summed E-state index contributed by atoms with van der Waals surface area (Å²) in [6, 6.07) is 4.33. The van der Waals surface area contributed by atoms with E-state index in [0.29, 0.717) is 23.0 Å². The summed E-state index contributed by atoms with van der Waals surface area (Å²) in [5.74, 6) is -1.19. The molecular formula is C18H16N4O4. The van der Waals surface area contributed by atoms with Gasteiger partial charge in [0.05, 0.1) is 0 Å². The van der Waals surface area contributed by atoms with Crippen molar-refractivity contribution in [3.05, 3.63) is 29.6 Å². The second kappa shape index (κ2) is 5.66. The highest BCUT2D eigenvalue weighted by atomic mass is 16.4. The molecule has 26 heavy (non-hydrogen) atoms. The molecule has 2 aliphatic rings. The van der Waals surface area contributed by atoms with Crippen LogP contribution in [0.4, 0.5) is 0 Å². The molecule has 1 amide bonds. The molecule has 0 aromatic carbocycles. The first-order valence-corrected chi connectivity index (χ1v) is 8.35. The number of carbonyl (C=O) groups is 3. The predicted molar refractivity (Wildman–Crippen MR) is 89.2 cm³/mol. The fraction of sp³-hybridized carbons (Fsp3) is 0.389. The number of carboxylic acids is 1. The lowest BCUT2D eigenvalue weighted by atomic mass is 10.1. The first-order chi connectivity index (χ1) is 12.4. The Morgan fingerprint density at radius 1 is 1.35 bits per heavy atom. The van der Waals surface area contributed by atoms with Crippen molar-refractivity contribution in [2.75, 3.05) is 0 Å². The van der Waals surface area contributed by atoms with Crippen LogP contribution in [-0.2, 0) is 16.1 Å². The van der Waals surface area contributed by atoms with E-state index in [-0.39, 0.29) is 35.9 Å². The maximum absolute atomic E-state index is 12.8. The number of ketones is 1. The zero-order valence-corrected chi connectivity index (χ0v) is 14.0. The standard InChI is InChI=1S/C18H16N4O4/c1-9(23)13-7-21(17-12(13)3-2-11(6-19)20-17)8-16(24)22-14-4-10(14)5-15(22)18(25)26/h2-3,7,10,14-15H,4-5,8H2,1H3,(H,25,26)/t10-,14-,15+/m1/s1. The molecule has 0 spiro atoms. The van der Waals surface area contributed by atoms with E-state index in [1.165, 1.54) is 22.5 Å². The minimum atomic E-state index is -0.989. The Morgan fingerprint density at radius 2 is 2.12 bits per heavy atom. The zero-order valence-electron chi connectivity index (χ0n) is 14.0. The molecule has 8 heteroatoms. The van der Waals surface area contributed by atoms with Gasteiger partial charge in [0.15, 0.2) is 5.78 Å². The largest absolute Gasteiger partial charge is 0.480 e. The molecule has 1 saturated heterocycles. The number of nitriles is 1. The fourth-order valence-corrected chi connectivity index (χ4v) is 3.89. The summed E-state index contributed by atoms with van der Waals surface area (Å²) in [5.41, 5.74) is 0.984. The van der Waals surface area contributed by atoms with Crippen LogP contribution in [0.25, 0.3) is 11.0 Å². The van der Waals surface area contributed by atoms with Gasteiger partial charge in [-0.2, -0.15) is 5.26 Å². The van der Waals surface area contributed by atoms with Crippen LogP contribution >= 0.6 is 0 Å². The molecule has 0 unspecified atom stereocenters. The van der Waals surface area contributed by atoms with Crippen LogP contribution in [0.1, 0.15) is 35.8 Å². The SMILES string of the molecule is CC(=O)c1cn(CC(=O)N2[C@@H]3C[C@@H]3C[C@H]2C(=O)O)c2nc(C#N)ccc12. The number of pyridine rings is 1. The summed E-state index contributed by atoms with van der Waals surface area (Å²) in [6.45, 7) is 1.31. The maximum atomic E-state index is 12.8. The quantitative estimate of drug-likeness (QED) is 0.826. The van der Waals surface area contributed by atoms with Gasteiger partial charge in [-0.25, -0.2) is 9.78 Å². The molecule has 1 N–H and O–H groups in total. The molecule has 2 fully saturated rings. The van der Waals surface area contributed by atoms with Crippen molar-refractivity contribution in [2.45, 2.75) is 38.4 Å². The minimum Gasteiger partial charge on any atom is -0.480 e.